The highest BCUT2D eigenvalue weighted by Crippen LogP contribution is 2.30. The number of fused-ring (bicyclic) bond motifs is 1. The highest BCUT2D eigenvalue weighted by atomic mass is 35.5. The monoisotopic (exact) mass is 488 g/mol. The summed E-state index contributed by atoms with van der Waals surface area (Å²) in [5, 5.41) is 7.83. The number of halogens is 2. The number of nitrogens with one attached hydrogen (secondary N) is 1. The van der Waals surface area contributed by atoms with Crippen LogP contribution < -0.4 is 14.8 Å². The van der Waals surface area contributed by atoms with Gasteiger partial charge in [0.25, 0.3) is 0 Å². The zero-order valence-electron chi connectivity index (χ0n) is 19.2. The fourth-order valence-corrected chi connectivity index (χ4v) is 4.18. The van der Waals surface area contributed by atoms with Crippen LogP contribution in [0, 0.1) is 5.82 Å². The first kappa shape index (κ1) is 23.8. The average molecular weight is 489 g/mol. The van der Waals surface area contributed by atoms with Gasteiger partial charge in [-0.1, -0.05) is 17.7 Å². The summed E-state index contributed by atoms with van der Waals surface area (Å²) in [5.41, 5.74) is 4.02. The van der Waals surface area contributed by atoms with E-state index in [0.717, 1.165) is 17.0 Å². The first-order valence-corrected chi connectivity index (χ1v) is 11.1. The number of hydrogen-bond donors (Lipinski definition) is 1. The minimum absolute atomic E-state index is 0.226. The van der Waals surface area contributed by atoms with E-state index in [2.05, 4.69) is 10.4 Å². The van der Waals surface area contributed by atoms with Gasteiger partial charge in [-0.05, 0) is 29.8 Å². The highest BCUT2D eigenvalue weighted by Gasteiger charge is 2.27. The molecule has 0 bridgehead atoms. The van der Waals surface area contributed by atoms with Gasteiger partial charge in [-0.3, -0.25) is 4.68 Å². The van der Waals surface area contributed by atoms with Crippen LogP contribution in [-0.4, -0.2) is 41.5 Å². The summed E-state index contributed by atoms with van der Waals surface area (Å²) in [6.45, 7) is 1.42. The van der Waals surface area contributed by atoms with E-state index < -0.39 is 5.82 Å². The minimum Gasteiger partial charge on any atom is -0.497 e. The second-order valence-corrected chi connectivity index (χ2v) is 8.30. The molecule has 1 aromatic heterocycles. The molecule has 0 atom stereocenters. The van der Waals surface area contributed by atoms with Crippen LogP contribution in [0.4, 0.5) is 14.9 Å². The van der Waals surface area contributed by atoms with E-state index >= 15 is 0 Å². The van der Waals surface area contributed by atoms with Gasteiger partial charge in [0.1, 0.15) is 17.3 Å². The van der Waals surface area contributed by atoms with Crippen molar-refractivity contribution in [3.8, 4) is 11.5 Å². The third-order valence-electron chi connectivity index (χ3n) is 5.77. The molecule has 0 aliphatic carbocycles. The van der Waals surface area contributed by atoms with Crippen molar-refractivity contribution in [2.45, 2.75) is 26.2 Å². The molecule has 10 heteroatoms. The lowest BCUT2D eigenvalue weighted by molar-refractivity contribution is 0.103. The zero-order valence-corrected chi connectivity index (χ0v) is 20.0. The third kappa shape index (κ3) is 5.10. The lowest BCUT2D eigenvalue weighted by Gasteiger charge is -2.28. The number of ether oxygens (including phenoxy) is 3. The maximum absolute atomic E-state index is 13.3. The van der Waals surface area contributed by atoms with E-state index in [0.29, 0.717) is 47.3 Å². The molecule has 2 heterocycles. The molecule has 1 N–H and O–H groups in total. The van der Waals surface area contributed by atoms with E-state index in [1.807, 2.05) is 11.7 Å². The van der Waals surface area contributed by atoms with Crippen LogP contribution in [0.25, 0.3) is 0 Å². The zero-order chi connectivity index (χ0) is 24.2. The standard InChI is InChI=1S/C24H26ClFN4O4/c1-29-22-8-9-30(24(31)27-20-11-17(32-2)6-7-23(20)33-3)12-18(22)21(28-29)14-34-13-15-4-5-16(26)10-19(15)25/h4-7,10-11H,8-9,12-14H2,1-3H3,(H,27,31). The van der Waals surface area contributed by atoms with Crippen LogP contribution >= 0.6 is 11.6 Å². The van der Waals surface area contributed by atoms with Gasteiger partial charge in [0.2, 0.25) is 0 Å². The molecule has 0 saturated heterocycles. The van der Waals surface area contributed by atoms with E-state index in [1.54, 1.807) is 43.4 Å². The summed E-state index contributed by atoms with van der Waals surface area (Å²) in [7, 11) is 5.00. The molecule has 1 aliphatic rings. The topological polar surface area (TPSA) is 77.8 Å². The van der Waals surface area contributed by atoms with E-state index in [1.165, 1.54) is 12.1 Å². The molecular weight excluding hydrogens is 463 g/mol. The van der Waals surface area contributed by atoms with Gasteiger partial charge < -0.3 is 24.4 Å². The van der Waals surface area contributed by atoms with Gasteiger partial charge in [0.15, 0.2) is 0 Å². The Morgan fingerprint density at radius 3 is 2.74 bits per heavy atom. The van der Waals surface area contributed by atoms with Crippen LogP contribution in [0.2, 0.25) is 5.02 Å². The summed E-state index contributed by atoms with van der Waals surface area (Å²) in [6, 6.07) is 9.19. The number of methoxy groups -OCH3 is 2. The molecule has 34 heavy (non-hydrogen) atoms. The van der Waals surface area contributed by atoms with Gasteiger partial charge in [-0.2, -0.15) is 5.10 Å². The van der Waals surface area contributed by atoms with E-state index in [-0.39, 0.29) is 19.2 Å². The van der Waals surface area contributed by atoms with Crippen LogP contribution in [0.5, 0.6) is 11.5 Å². The molecule has 1 aliphatic heterocycles. The molecule has 180 valence electrons. The van der Waals surface area contributed by atoms with Gasteiger partial charge >= 0.3 is 6.03 Å². The van der Waals surface area contributed by atoms with Crippen molar-refractivity contribution in [2.24, 2.45) is 7.05 Å². The smallest absolute Gasteiger partial charge is 0.322 e. The second-order valence-electron chi connectivity index (χ2n) is 7.89. The van der Waals surface area contributed by atoms with Crippen LogP contribution in [0.15, 0.2) is 36.4 Å². The van der Waals surface area contributed by atoms with Crippen molar-refractivity contribution in [3.63, 3.8) is 0 Å². The van der Waals surface area contributed by atoms with E-state index in [4.69, 9.17) is 25.8 Å². The summed E-state index contributed by atoms with van der Waals surface area (Å²) in [5.74, 6) is 0.768. The summed E-state index contributed by atoms with van der Waals surface area (Å²) < 4.78 is 31.5. The number of aryl methyl sites for hydroxylation is 1. The van der Waals surface area contributed by atoms with Crippen molar-refractivity contribution < 1.29 is 23.4 Å². The molecule has 2 amide bonds. The Kier molecular flexibility index (Phi) is 7.23. The van der Waals surface area contributed by atoms with Crippen molar-refractivity contribution in [3.05, 3.63) is 69.8 Å². The maximum atomic E-state index is 13.3. The molecule has 0 unspecified atom stereocenters. The summed E-state index contributed by atoms with van der Waals surface area (Å²) in [6.07, 6.45) is 0.672. The lowest BCUT2D eigenvalue weighted by atomic mass is 10.1. The number of rotatable bonds is 7. The molecule has 3 aromatic rings. The number of carbonyl (C=O) groups is 1. The first-order valence-electron chi connectivity index (χ1n) is 10.7. The van der Waals surface area contributed by atoms with Crippen molar-refractivity contribution in [1.29, 1.82) is 0 Å². The Labute approximate surface area is 202 Å². The Morgan fingerprint density at radius 1 is 1.18 bits per heavy atom. The number of nitrogens with zero attached hydrogens (tertiary/aromatic N) is 3. The quantitative estimate of drug-likeness (QED) is 0.528. The number of carbonyl (C=O) groups excluding carboxylic acids is 1. The molecule has 0 radical (unpaired) electrons. The molecule has 0 saturated carbocycles. The highest BCUT2D eigenvalue weighted by molar-refractivity contribution is 6.31. The first-order chi connectivity index (χ1) is 16.4. The van der Waals surface area contributed by atoms with Gasteiger partial charge in [0.05, 0.1) is 45.4 Å². The Hall–Kier alpha value is -3.30. The third-order valence-corrected chi connectivity index (χ3v) is 6.12. The Morgan fingerprint density at radius 2 is 2.00 bits per heavy atom. The molecule has 0 spiro atoms. The molecule has 0 fully saturated rings. The summed E-state index contributed by atoms with van der Waals surface area (Å²) in [4.78, 5) is 14.8. The SMILES string of the molecule is COc1ccc(OC)c(NC(=O)N2CCc3c(c(COCc4ccc(F)cc4Cl)nn3C)C2)c1. The van der Waals surface area contributed by atoms with Gasteiger partial charge in [0, 0.05) is 42.4 Å². The van der Waals surface area contributed by atoms with Crippen molar-refractivity contribution >= 4 is 23.3 Å². The predicted molar refractivity (Wildman–Crippen MR) is 126 cm³/mol. The second kappa shape index (κ2) is 10.3. The Bertz CT molecular complexity index is 1200. The number of urea groups is 1. The average Bonchev–Trinajstić information content (AvgIpc) is 3.15. The van der Waals surface area contributed by atoms with Crippen LogP contribution in [-0.2, 0) is 38.0 Å². The Balaban J connectivity index is 1.44. The van der Waals surface area contributed by atoms with Crippen molar-refractivity contribution in [1.82, 2.24) is 14.7 Å². The van der Waals surface area contributed by atoms with Gasteiger partial charge in [-0.15, -0.1) is 0 Å². The van der Waals surface area contributed by atoms with Crippen molar-refractivity contribution in [2.75, 3.05) is 26.1 Å². The number of benzene rings is 2. The molecule has 2 aromatic carbocycles. The van der Waals surface area contributed by atoms with E-state index in [9.17, 15) is 9.18 Å². The number of anilines is 1. The van der Waals surface area contributed by atoms with Crippen LogP contribution in [0.3, 0.4) is 0 Å². The molecule has 8 nitrogen and oxygen atoms in total. The normalized spacial score (nSPS) is 12.9. The van der Waals surface area contributed by atoms with Crippen LogP contribution in [0.1, 0.15) is 22.5 Å². The lowest BCUT2D eigenvalue weighted by Crippen LogP contribution is -2.39. The predicted octanol–water partition coefficient (Wildman–Crippen LogP) is 4.54. The molecule has 4 rings (SSSR count). The molecular formula is C24H26ClFN4O4. The maximum Gasteiger partial charge on any atom is 0.322 e. The number of amides is 2. The number of hydrogen-bond acceptors (Lipinski definition) is 5. The fourth-order valence-electron chi connectivity index (χ4n) is 3.96. The van der Waals surface area contributed by atoms with Gasteiger partial charge in [-0.25, -0.2) is 9.18 Å². The summed E-state index contributed by atoms with van der Waals surface area (Å²) >= 11 is 6.08. The number of aromatic nitrogens is 2. The fraction of sp³-hybridized carbons (Fsp3) is 0.333. The minimum atomic E-state index is -0.391. The largest absolute Gasteiger partial charge is 0.497 e.